The van der Waals surface area contributed by atoms with E-state index in [1.165, 1.54) is 11.1 Å². The van der Waals surface area contributed by atoms with Crippen LogP contribution >= 0.6 is 0 Å². The summed E-state index contributed by atoms with van der Waals surface area (Å²) < 4.78 is 11.3. The maximum atomic E-state index is 13.2. The quantitative estimate of drug-likeness (QED) is 0.190. The summed E-state index contributed by atoms with van der Waals surface area (Å²) in [6.07, 6.45) is 3.16. The Hall–Kier alpha value is -4.71. The van der Waals surface area contributed by atoms with Crippen molar-refractivity contribution in [3.63, 3.8) is 0 Å². The maximum Gasteiger partial charge on any atom is 0.407 e. The second-order valence-electron chi connectivity index (χ2n) is 10.3. The van der Waals surface area contributed by atoms with Gasteiger partial charge in [0, 0.05) is 22.8 Å². The normalized spacial score (nSPS) is 16.9. The van der Waals surface area contributed by atoms with Gasteiger partial charge in [0.2, 0.25) is 0 Å². The number of rotatable bonds is 8. The second kappa shape index (κ2) is 11.6. The number of methoxy groups -OCH3 is 1. The van der Waals surface area contributed by atoms with E-state index in [-0.39, 0.29) is 24.6 Å². The molecule has 0 fully saturated rings. The number of fused-ring (bicyclic) bond motifs is 2. The predicted octanol–water partition coefficient (Wildman–Crippen LogP) is 7.87. The highest BCUT2D eigenvalue weighted by Crippen LogP contribution is 2.46. The Kier molecular flexibility index (Phi) is 7.40. The smallest absolute Gasteiger partial charge is 0.407 e. The van der Waals surface area contributed by atoms with Gasteiger partial charge in [0.1, 0.15) is 12.4 Å². The summed E-state index contributed by atoms with van der Waals surface area (Å²) in [5, 5.41) is 8.04. The Labute approximate surface area is 234 Å². The highest BCUT2D eigenvalue weighted by molar-refractivity contribution is 5.84. The van der Waals surface area contributed by atoms with Crippen LogP contribution < -0.4 is 15.4 Å². The predicted molar refractivity (Wildman–Crippen MR) is 159 cm³/mol. The number of hydrogen-bond donors (Lipinski definition) is 3. The van der Waals surface area contributed by atoms with E-state index in [0.717, 1.165) is 39.9 Å². The van der Waals surface area contributed by atoms with Gasteiger partial charge in [-0.05, 0) is 65.3 Å². The van der Waals surface area contributed by atoms with Gasteiger partial charge in [-0.2, -0.15) is 0 Å². The van der Waals surface area contributed by atoms with E-state index >= 15 is 0 Å². The van der Waals surface area contributed by atoms with Crippen molar-refractivity contribution in [2.24, 2.45) is 0 Å². The van der Waals surface area contributed by atoms with Crippen LogP contribution in [0.2, 0.25) is 0 Å². The second-order valence-corrected chi connectivity index (χ2v) is 10.3. The third-order valence-electron chi connectivity index (χ3n) is 7.77. The first kappa shape index (κ1) is 25.6. The molecule has 6 heteroatoms. The molecule has 4 aromatic carbocycles. The number of nitrogens with one attached hydrogen (secondary N) is 3. The molecule has 3 N–H and O–H groups in total. The highest BCUT2D eigenvalue weighted by atomic mass is 16.5. The van der Waals surface area contributed by atoms with Crippen molar-refractivity contribution >= 4 is 22.7 Å². The maximum absolute atomic E-state index is 13.2. The number of para-hydroxylation sites is 1. The van der Waals surface area contributed by atoms with Gasteiger partial charge in [0.15, 0.2) is 0 Å². The van der Waals surface area contributed by atoms with Crippen LogP contribution in [0.4, 0.5) is 10.5 Å². The van der Waals surface area contributed by atoms with Crippen LogP contribution in [0.25, 0.3) is 10.9 Å². The Morgan fingerprint density at radius 3 is 2.50 bits per heavy atom. The molecule has 0 saturated heterocycles. The zero-order chi connectivity index (χ0) is 27.3. The van der Waals surface area contributed by atoms with Gasteiger partial charge >= 0.3 is 6.09 Å². The van der Waals surface area contributed by atoms with E-state index in [2.05, 4.69) is 64.1 Å². The van der Waals surface area contributed by atoms with Gasteiger partial charge in [0.05, 0.1) is 19.2 Å². The average Bonchev–Trinajstić information content (AvgIpc) is 3.44. The molecule has 5 aromatic rings. The van der Waals surface area contributed by atoms with Crippen molar-refractivity contribution in [1.29, 1.82) is 0 Å². The van der Waals surface area contributed by atoms with Crippen LogP contribution in [0.1, 0.15) is 53.1 Å². The Bertz CT molecular complexity index is 1580. The third-order valence-corrected chi connectivity index (χ3v) is 7.77. The largest absolute Gasteiger partial charge is 0.497 e. The molecule has 6 nitrogen and oxygen atoms in total. The monoisotopic (exact) mass is 531 g/mol. The van der Waals surface area contributed by atoms with Crippen molar-refractivity contribution in [1.82, 2.24) is 10.3 Å². The van der Waals surface area contributed by atoms with Gasteiger partial charge in [-0.15, -0.1) is 0 Å². The zero-order valence-corrected chi connectivity index (χ0v) is 22.5. The van der Waals surface area contributed by atoms with Crippen LogP contribution in [0, 0.1) is 0 Å². The van der Waals surface area contributed by atoms with E-state index in [9.17, 15) is 4.79 Å². The Morgan fingerprint density at radius 1 is 0.950 bits per heavy atom. The lowest BCUT2D eigenvalue weighted by Crippen LogP contribution is -2.31. The number of anilines is 1. The fourth-order valence-corrected chi connectivity index (χ4v) is 5.76. The first-order valence-electron chi connectivity index (χ1n) is 13.7. The standard InChI is InChI=1S/C34H33N3O3/c1-39-26-16-17-31-28(20-26)25(18-32(36-31)24-12-6-3-7-13-24)19-33(29-21-35-30-15-9-8-14-27(29)30)37-34(38)40-22-23-10-4-2-5-11-23/h2-17,20-21,25,32-33,35-36H,18-19,22H2,1H3,(H,37,38). The van der Waals surface area contributed by atoms with Crippen LogP contribution in [0.3, 0.4) is 0 Å². The Balaban J connectivity index is 1.32. The van der Waals surface area contributed by atoms with Gasteiger partial charge in [0.25, 0.3) is 0 Å². The fourth-order valence-electron chi connectivity index (χ4n) is 5.76. The van der Waals surface area contributed by atoms with Crippen molar-refractivity contribution in [3.05, 3.63) is 132 Å². The Morgan fingerprint density at radius 2 is 1.70 bits per heavy atom. The van der Waals surface area contributed by atoms with E-state index in [1.807, 2.05) is 60.8 Å². The molecule has 0 saturated carbocycles. The first-order valence-corrected chi connectivity index (χ1v) is 13.7. The van der Waals surface area contributed by atoms with Gasteiger partial charge in [-0.1, -0.05) is 78.9 Å². The number of aromatic nitrogens is 1. The van der Waals surface area contributed by atoms with Crippen molar-refractivity contribution < 1.29 is 14.3 Å². The summed E-state index contributed by atoms with van der Waals surface area (Å²) >= 11 is 0. The molecule has 0 aliphatic carbocycles. The summed E-state index contributed by atoms with van der Waals surface area (Å²) in [6, 6.07) is 34.6. The van der Waals surface area contributed by atoms with Crippen LogP contribution in [-0.4, -0.2) is 18.2 Å². The molecule has 202 valence electrons. The minimum absolute atomic E-state index is 0.153. The lowest BCUT2D eigenvalue weighted by molar-refractivity contribution is 0.134. The molecule has 0 spiro atoms. The summed E-state index contributed by atoms with van der Waals surface area (Å²) in [5.74, 6) is 0.979. The van der Waals surface area contributed by atoms with E-state index in [4.69, 9.17) is 9.47 Å². The molecule has 6 rings (SSSR count). The summed E-state index contributed by atoms with van der Waals surface area (Å²) in [5.41, 5.74) is 6.56. The molecule has 1 amide bonds. The summed E-state index contributed by atoms with van der Waals surface area (Å²) in [6.45, 7) is 0.219. The number of H-pyrrole nitrogens is 1. The number of aromatic amines is 1. The fraction of sp³-hybridized carbons (Fsp3) is 0.206. The number of carbonyl (C=O) groups excluding carboxylic acids is 1. The van der Waals surface area contributed by atoms with E-state index in [0.29, 0.717) is 6.42 Å². The number of carbonyl (C=O) groups is 1. The molecule has 3 atom stereocenters. The number of ether oxygens (including phenoxy) is 2. The molecule has 0 bridgehead atoms. The highest BCUT2D eigenvalue weighted by Gasteiger charge is 2.32. The minimum Gasteiger partial charge on any atom is -0.497 e. The molecule has 40 heavy (non-hydrogen) atoms. The van der Waals surface area contributed by atoms with Gasteiger partial charge in [-0.25, -0.2) is 4.79 Å². The zero-order valence-electron chi connectivity index (χ0n) is 22.5. The summed E-state index contributed by atoms with van der Waals surface area (Å²) in [4.78, 5) is 16.5. The van der Waals surface area contributed by atoms with Gasteiger partial charge < -0.3 is 25.1 Å². The molecular formula is C34H33N3O3. The lowest BCUT2D eigenvalue weighted by atomic mass is 9.79. The number of alkyl carbamates (subject to hydrolysis) is 1. The van der Waals surface area contributed by atoms with E-state index in [1.54, 1.807) is 7.11 Å². The van der Waals surface area contributed by atoms with E-state index < -0.39 is 6.09 Å². The average molecular weight is 532 g/mol. The molecule has 3 unspecified atom stereocenters. The molecule has 2 heterocycles. The third kappa shape index (κ3) is 5.52. The minimum atomic E-state index is -0.432. The van der Waals surface area contributed by atoms with Crippen LogP contribution in [0.15, 0.2) is 109 Å². The van der Waals surface area contributed by atoms with Crippen molar-refractivity contribution in [3.8, 4) is 5.75 Å². The number of amides is 1. The number of hydrogen-bond acceptors (Lipinski definition) is 4. The molecule has 1 aliphatic heterocycles. The molecule has 1 aromatic heterocycles. The first-order chi connectivity index (χ1) is 19.7. The molecule has 0 radical (unpaired) electrons. The molecular weight excluding hydrogens is 498 g/mol. The molecule has 1 aliphatic rings. The van der Waals surface area contributed by atoms with Crippen LogP contribution in [0.5, 0.6) is 5.75 Å². The van der Waals surface area contributed by atoms with Crippen LogP contribution in [-0.2, 0) is 11.3 Å². The topological polar surface area (TPSA) is 75.4 Å². The van der Waals surface area contributed by atoms with Gasteiger partial charge in [-0.3, -0.25) is 0 Å². The SMILES string of the molecule is COc1ccc2c(c1)C(CC(NC(=O)OCc1ccccc1)c1c[nH]c3ccccc13)CC(c1ccccc1)N2. The number of benzene rings is 4. The lowest BCUT2D eigenvalue weighted by Gasteiger charge is -2.35. The van der Waals surface area contributed by atoms with Crippen molar-refractivity contribution in [2.75, 3.05) is 12.4 Å². The van der Waals surface area contributed by atoms with Crippen molar-refractivity contribution in [2.45, 2.75) is 37.5 Å². The summed E-state index contributed by atoms with van der Waals surface area (Å²) in [7, 11) is 1.69.